The number of halogens is 3. The van der Waals surface area contributed by atoms with E-state index in [0.29, 0.717) is 26.2 Å². The molecule has 0 unspecified atom stereocenters. The Kier molecular flexibility index (Phi) is 4.31. The molecule has 1 aliphatic rings. The van der Waals surface area contributed by atoms with Gasteiger partial charge < -0.3 is 14.9 Å². The standard InChI is InChI=1S/C13H17F3N2O/c14-13(15,16)12(19)10-17-6-8-18(9-7-17)11-4-2-1-3-5-11/h1-5,12,19H,6-10H2/p+1/t12-/m0/s1. The molecule has 1 aliphatic heterocycles. The molecule has 0 bridgehead atoms. The number of anilines is 1. The Morgan fingerprint density at radius 3 is 2.26 bits per heavy atom. The highest BCUT2D eigenvalue weighted by Crippen LogP contribution is 2.18. The zero-order valence-electron chi connectivity index (χ0n) is 10.5. The van der Waals surface area contributed by atoms with Crippen molar-refractivity contribution in [2.45, 2.75) is 12.3 Å². The fourth-order valence-corrected chi connectivity index (χ4v) is 2.31. The quantitative estimate of drug-likeness (QED) is 0.831. The third-order valence-electron chi connectivity index (χ3n) is 3.45. The van der Waals surface area contributed by atoms with Crippen LogP contribution in [0, 0.1) is 0 Å². The number of aliphatic hydroxyl groups is 1. The number of alkyl halides is 3. The maximum atomic E-state index is 12.3. The number of hydrogen-bond donors (Lipinski definition) is 2. The fraction of sp³-hybridized carbons (Fsp3) is 0.538. The Morgan fingerprint density at radius 1 is 1.16 bits per heavy atom. The van der Waals surface area contributed by atoms with Crippen LogP contribution in [-0.4, -0.2) is 50.1 Å². The molecule has 19 heavy (non-hydrogen) atoms. The first-order chi connectivity index (χ1) is 8.97. The van der Waals surface area contributed by atoms with Gasteiger partial charge in [0.25, 0.3) is 0 Å². The van der Waals surface area contributed by atoms with Crippen LogP contribution in [0.4, 0.5) is 18.9 Å². The number of piperazine rings is 1. The molecule has 2 rings (SSSR count). The van der Waals surface area contributed by atoms with E-state index in [0.717, 1.165) is 10.6 Å². The molecule has 0 aliphatic carbocycles. The Balaban J connectivity index is 1.83. The number of benzene rings is 1. The Morgan fingerprint density at radius 2 is 1.74 bits per heavy atom. The van der Waals surface area contributed by atoms with Gasteiger partial charge in [-0.2, -0.15) is 13.2 Å². The summed E-state index contributed by atoms with van der Waals surface area (Å²) in [5, 5.41) is 9.06. The summed E-state index contributed by atoms with van der Waals surface area (Å²) >= 11 is 0. The minimum Gasteiger partial charge on any atom is -0.379 e. The molecular formula is C13H18F3N2O+. The lowest BCUT2D eigenvalue weighted by atomic mass is 10.2. The smallest absolute Gasteiger partial charge is 0.379 e. The summed E-state index contributed by atoms with van der Waals surface area (Å²) in [6, 6.07) is 9.82. The molecule has 1 saturated heterocycles. The van der Waals surface area contributed by atoms with Crippen LogP contribution in [0.15, 0.2) is 30.3 Å². The van der Waals surface area contributed by atoms with Crippen LogP contribution in [-0.2, 0) is 0 Å². The lowest BCUT2D eigenvalue weighted by Gasteiger charge is -2.34. The minimum absolute atomic E-state index is 0.258. The number of quaternary nitrogens is 1. The summed E-state index contributed by atoms with van der Waals surface area (Å²) in [7, 11) is 0. The lowest BCUT2D eigenvalue weighted by Crippen LogP contribution is -3.16. The van der Waals surface area contributed by atoms with E-state index in [1.54, 1.807) is 0 Å². The average molecular weight is 275 g/mol. The predicted octanol–water partition coefficient (Wildman–Crippen LogP) is 0.315. The Labute approximate surface area is 110 Å². The molecule has 1 aromatic carbocycles. The topological polar surface area (TPSA) is 27.9 Å². The van der Waals surface area contributed by atoms with Crippen LogP contribution in [0.1, 0.15) is 0 Å². The van der Waals surface area contributed by atoms with Crippen LogP contribution < -0.4 is 9.80 Å². The average Bonchev–Trinajstić information content (AvgIpc) is 2.39. The van der Waals surface area contributed by atoms with Gasteiger partial charge in [0.2, 0.25) is 0 Å². The molecule has 1 aromatic rings. The largest absolute Gasteiger partial charge is 0.419 e. The highest BCUT2D eigenvalue weighted by Gasteiger charge is 2.41. The molecule has 1 heterocycles. The molecule has 2 N–H and O–H groups in total. The van der Waals surface area contributed by atoms with Gasteiger partial charge in [-0.05, 0) is 12.1 Å². The molecule has 1 fully saturated rings. The van der Waals surface area contributed by atoms with Crippen molar-refractivity contribution in [3.8, 4) is 0 Å². The highest BCUT2D eigenvalue weighted by atomic mass is 19.4. The summed E-state index contributed by atoms with van der Waals surface area (Å²) < 4.78 is 36.8. The van der Waals surface area contributed by atoms with Gasteiger partial charge in [0.1, 0.15) is 6.54 Å². The first kappa shape index (κ1) is 14.1. The van der Waals surface area contributed by atoms with E-state index < -0.39 is 12.3 Å². The second-order valence-corrected chi connectivity index (χ2v) is 4.83. The maximum absolute atomic E-state index is 12.3. The molecule has 3 nitrogen and oxygen atoms in total. The molecule has 6 heteroatoms. The molecule has 0 spiro atoms. The summed E-state index contributed by atoms with van der Waals surface area (Å²) in [6.07, 6.45) is -6.73. The van der Waals surface area contributed by atoms with Crippen LogP contribution in [0.5, 0.6) is 0 Å². The van der Waals surface area contributed by atoms with E-state index in [4.69, 9.17) is 5.11 Å². The number of nitrogens with one attached hydrogen (secondary N) is 1. The first-order valence-corrected chi connectivity index (χ1v) is 6.35. The van der Waals surface area contributed by atoms with Gasteiger partial charge >= 0.3 is 6.18 Å². The monoisotopic (exact) mass is 275 g/mol. The normalized spacial score (nSPS) is 19.5. The zero-order chi connectivity index (χ0) is 13.9. The van der Waals surface area contributed by atoms with E-state index in [2.05, 4.69) is 4.90 Å². The SMILES string of the molecule is O[C@@H](C[NH+]1CCN(c2ccccc2)CC1)C(F)(F)F. The van der Waals surface area contributed by atoms with E-state index >= 15 is 0 Å². The number of para-hydroxylation sites is 1. The van der Waals surface area contributed by atoms with Crippen molar-refractivity contribution in [1.82, 2.24) is 0 Å². The summed E-state index contributed by atoms with van der Waals surface area (Å²) in [4.78, 5) is 2.96. The third kappa shape index (κ3) is 3.84. The first-order valence-electron chi connectivity index (χ1n) is 6.35. The van der Waals surface area contributed by atoms with E-state index in [9.17, 15) is 13.2 Å². The second-order valence-electron chi connectivity index (χ2n) is 4.83. The van der Waals surface area contributed by atoms with Crippen molar-refractivity contribution in [1.29, 1.82) is 0 Å². The van der Waals surface area contributed by atoms with Crippen molar-refractivity contribution < 1.29 is 23.2 Å². The number of nitrogens with zero attached hydrogens (tertiary/aromatic N) is 1. The molecule has 0 aromatic heterocycles. The van der Waals surface area contributed by atoms with E-state index in [1.807, 2.05) is 30.3 Å². The van der Waals surface area contributed by atoms with Gasteiger partial charge in [0, 0.05) is 5.69 Å². The molecule has 0 radical (unpaired) electrons. The Hall–Kier alpha value is -1.27. The lowest BCUT2D eigenvalue weighted by molar-refractivity contribution is -0.905. The number of hydrogen-bond acceptors (Lipinski definition) is 2. The van der Waals surface area contributed by atoms with Crippen LogP contribution in [0.2, 0.25) is 0 Å². The molecule has 0 saturated carbocycles. The van der Waals surface area contributed by atoms with Gasteiger partial charge in [0.15, 0.2) is 6.10 Å². The van der Waals surface area contributed by atoms with Gasteiger partial charge in [-0.1, -0.05) is 18.2 Å². The molecule has 106 valence electrons. The van der Waals surface area contributed by atoms with Crippen LogP contribution in [0.25, 0.3) is 0 Å². The van der Waals surface area contributed by atoms with Crippen molar-refractivity contribution in [3.05, 3.63) is 30.3 Å². The van der Waals surface area contributed by atoms with E-state index in [-0.39, 0.29) is 6.54 Å². The molecule has 1 atom stereocenters. The minimum atomic E-state index is -4.51. The van der Waals surface area contributed by atoms with Crippen LogP contribution >= 0.6 is 0 Å². The maximum Gasteiger partial charge on any atom is 0.419 e. The molecular weight excluding hydrogens is 257 g/mol. The third-order valence-corrected chi connectivity index (χ3v) is 3.45. The Bertz CT molecular complexity index is 389. The van der Waals surface area contributed by atoms with Gasteiger partial charge in [0.05, 0.1) is 26.2 Å². The predicted molar refractivity (Wildman–Crippen MR) is 66.3 cm³/mol. The molecule has 0 amide bonds. The van der Waals surface area contributed by atoms with Crippen molar-refractivity contribution in [3.63, 3.8) is 0 Å². The highest BCUT2D eigenvalue weighted by molar-refractivity contribution is 5.45. The zero-order valence-corrected chi connectivity index (χ0v) is 10.5. The number of rotatable bonds is 3. The number of aliphatic hydroxyl groups excluding tert-OH is 1. The van der Waals surface area contributed by atoms with Gasteiger partial charge in [-0.25, -0.2) is 0 Å². The summed E-state index contributed by atoms with van der Waals surface area (Å²) in [6.45, 7) is 2.39. The fourth-order valence-electron chi connectivity index (χ4n) is 2.31. The van der Waals surface area contributed by atoms with E-state index in [1.165, 1.54) is 0 Å². The van der Waals surface area contributed by atoms with Gasteiger partial charge in [-0.3, -0.25) is 0 Å². The second kappa shape index (κ2) is 5.79. The van der Waals surface area contributed by atoms with Gasteiger partial charge in [-0.15, -0.1) is 0 Å². The van der Waals surface area contributed by atoms with Crippen LogP contribution in [0.3, 0.4) is 0 Å². The van der Waals surface area contributed by atoms with Crippen molar-refractivity contribution in [2.75, 3.05) is 37.6 Å². The summed E-state index contributed by atoms with van der Waals surface area (Å²) in [5.74, 6) is 0. The van der Waals surface area contributed by atoms with Crippen molar-refractivity contribution >= 4 is 5.69 Å². The van der Waals surface area contributed by atoms with Crippen molar-refractivity contribution in [2.24, 2.45) is 0 Å². The summed E-state index contributed by atoms with van der Waals surface area (Å²) in [5.41, 5.74) is 1.10.